The molecule has 1 aromatic carbocycles. The van der Waals surface area contributed by atoms with Crippen LogP contribution >= 0.6 is 0 Å². The highest BCUT2D eigenvalue weighted by molar-refractivity contribution is 7.89. The molecule has 3 rings (SSSR count). The van der Waals surface area contributed by atoms with E-state index < -0.39 is 22.2 Å². The summed E-state index contributed by atoms with van der Waals surface area (Å²) in [6, 6.07) is 8.07. The Morgan fingerprint density at radius 2 is 2.00 bits per heavy atom. The molecule has 10 heteroatoms. The summed E-state index contributed by atoms with van der Waals surface area (Å²) in [6.07, 6.45) is 2.92. The zero-order valence-corrected chi connectivity index (χ0v) is 21.2. The number of aliphatic hydroxyl groups excluding tert-OH is 1. The quantitative estimate of drug-likeness (QED) is 0.628. The van der Waals surface area contributed by atoms with E-state index in [0.717, 1.165) is 11.1 Å². The van der Waals surface area contributed by atoms with E-state index in [4.69, 9.17) is 4.74 Å². The number of sulfonamides is 1. The fourth-order valence-corrected chi connectivity index (χ4v) is 5.75. The number of hydrogen-bond acceptors (Lipinski definition) is 7. The van der Waals surface area contributed by atoms with Crippen molar-refractivity contribution in [2.24, 2.45) is 5.92 Å². The Labute approximate surface area is 202 Å². The van der Waals surface area contributed by atoms with E-state index in [0.29, 0.717) is 6.54 Å². The van der Waals surface area contributed by atoms with Gasteiger partial charge in [-0.15, -0.1) is 0 Å². The summed E-state index contributed by atoms with van der Waals surface area (Å²) in [4.78, 5) is 20.2. The van der Waals surface area contributed by atoms with Gasteiger partial charge >= 0.3 is 0 Å². The number of pyridine rings is 1. The van der Waals surface area contributed by atoms with Crippen molar-refractivity contribution < 1.29 is 23.1 Å². The number of benzene rings is 1. The molecule has 186 valence electrons. The Bertz CT molecular complexity index is 1090. The van der Waals surface area contributed by atoms with Crippen LogP contribution in [0.5, 0.6) is 5.75 Å². The van der Waals surface area contributed by atoms with Crippen LogP contribution in [0.2, 0.25) is 0 Å². The molecular formula is C24H34N4O5S. The summed E-state index contributed by atoms with van der Waals surface area (Å²) >= 11 is 0. The summed E-state index contributed by atoms with van der Waals surface area (Å²) in [5.41, 5.74) is 1.60. The molecule has 1 amide bonds. The van der Waals surface area contributed by atoms with Crippen molar-refractivity contribution in [2.75, 3.05) is 47.4 Å². The lowest BCUT2D eigenvalue weighted by Gasteiger charge is -2.37. The molecular weight excluding hydrogens is 456 g/mol. The third kappa shape index (κ3) is 5.75. The van der Waals surface area contributed by atoms with Gasteiger partial charge in [0.15, 0.2) is 0 Å². The van der Waals surface area contributed by atoms with Crippen molar-refractivity contribution in [2.45, 2.75) is 30.9 Å². The highest BCUT2D eigenvalue weighted by Gasteiger charge is 2.38. The second-order valence-corrected chi connectivity index (χ2v) is 11.0. The van der Waals surface area contributed by atoms with Crippen LogP contribution in [-0.2, 0) is 14.8 Å². The number of nitrogens with zero attached hydrogens (tertiary/aromatic N) is 4. The van der Waals surface area contributed by atoms with Crippen molar-refractivity contribution in [3.05, 3.63) is 42.7 Å². The first-order chi connectivity index (χ1) is 16.0. The maximum absolute atomic E-state index is 13.6. The van der Waals surface area contributed by atoms with Gasteiger partial charge in [0.2, 0.25) is 15.9 Å². The largest absolute Gasteiger partial charge is 0.487 e. The molecule has 2 heterocycles. The van der Waals surface area contributed by atoms with E-state index in [1.54, 1.807) is 48.3 Å². The molecule has 1 aliphatic rings. The molecule has 0 aliphatic carbocycles. The van der Waals surface area contributed by atoms with E-state index in [2.05, 4.69) is 4.98 Å². The van der Waals surface area contributed by atoms with Crippen LogP contribution in [0.3, 0.4) is 0 Å². The van der Waals surface area contributed by atoms with Crippen molar-refractivity contribution >= 4 is 15.9 Å². The van der Waals surface area contributed by atoms with Gasteiger partial charge in [0, 0.05) is 43.5 Å². The van der Waals surface area contributed by atoms with Crippen LogP contribution in [0.4, 0.5) is 0 Å². The smallest absolute Gasteiger partial charge is 0.247 e. The van der Waals surface area contributed by atoms with E-state index in [-0.39, 0.29) is 42.2 Å². The first-order valence-electron chi connectivity index (χ1n) is 11.3. The molecule has 0 radical (unpaired) electrons. The van der Waals surface area contributed by atoms with E-state index >= 15 is 0 Å². The van der Waals surface area contributed by atoms with Gasteiger partial charge in [0.1, 0.15) is 16.7 Å². The van der Waals surface area contributed by atoms with Crippen molar-refractivity contribution in [3.63, 3.8) is 0 Å². The summed E-state index contributed by atoms with van der Waals surface area (Å²) in [5.74, 6) is -0.0736. The molecule has 0 fully saturated rings. The number of likely N-dealkylation sites (N-methyl/N-ethyl adjacent to an activating group) is 2. The minimum atomic E-state index is -3.92. The number of hydrogen-bond donors (Lipinski definition) is 1. The molecule has 0 saturated carbocycles. The molecule has 0 saturated heterocycles. The number of carbonyl (C=O) groups excluding carboxylic acids is 1. The Morgan fingerprint density at radius 3 is 2.62 bits per heavy atom. The molecule has 1 aromatic heterocycles. The highest BCUT2D eigenvalue weighted by atomic mass is 32.2. The summed E-state index contributed by atoms with van der Waals surface area (Å²) in [7, 11) is 1.45. The SMILES string of the molecule is C[C@H]1CN([C@@H](C)CO)S(=O)(=O)c2ccc(-c3cccnc3)cc2O[C@@H]1CN(C)C(=O)CN(C)C. The standard InChI is InChI=1S/C24H34N4O5S/c1-17-13-28(18(2)16-29)34(31,32)23-9-8-19(20-7-6-10-25-12-20)11-21(23)33-22(17)14-27(5)24(30)15-26(3)4/h6-12,17-18,22,29H,13-16H2,1-5H3/t17-,18-,22+/m0/s1. The van der Waals surface area contributed by atoms with E-state index in [1.165, 1.54) is 10.4 Å². The zero-order valence-electron chi connectivity index (χ0n) is 20.4. The van der Waals surface area contributed by atoms with Gasteiger partial charge in [-0.25, -0.2) is 8.42 Å². The number of carbonyl (C=O) groups is 1. The minimum Gasteiger partial charge on any atom is -0.487 e. The van der Waals surface area contributed by atoms with Crippen LogP contribution in [0, 0.1) is 5.92 Å². The predicted molar refractivity (Wildman–Crippen MR) is 130 cm³/mol. The van der Waals surface area contributed by atoms with Gasteiger partial charge in [-0.05, 0) is 44.8 Å². The van der Waals surface area contributed by atoms with Gasteiger partial charge in [-0.3, -0.25) is 9.78 Å². The third-order valence-corrected chi connectivity index (χ3v) is 8.01. The van der Waals surface area contributed by atoms with Crippen LogP contribution in [0.15, 0.2) is 47.6 Å². The van der Waals surface area contributed by atoms with Gasteiger partial charge in [-0.2, -0.15) is 4.31 Å². The van der Waals surface area contributed by atoms with Crippen LogP contribution in [0.25, 0.3) is 11.1 Å². The Kier molecular flexibility index (Phi) is 8.29. The van der Waals surface area contributed by atoms with Crippen LogP contribution < -0.4 is 4.74 Å². The fraction of sp³-hybridized carbons (Fsp3) is 0.500. The Balaban J connectivity index is 2.06. The Morgan fingerprint density at radius 1 is 1.26 bits per heavy atom. The molecule has 3 atom stereocenters. The minimum absolute atomic E-state index is 0.0413. The number of ether oxygens (including phenoxy) is 1. The monoisotopic (exact) mass is 490 g/mol. The lowest BCUT2D eigenvalue weighted by atomic mass is 10.0. The van der Waals surface area contributed by atoms with Crippen LogP contribution in [-0.4, -0.2) is 98.1 Å². The molecule has 0 unspecified atom stereocenters. The van der Waals surface area contributed by atoms with Crippen molar-refractivity contribution in [3.8, 4) is 16.9 Å². The Hall–Kier alpha value is -2.53. The van der Waals surface area contributed by atoms with E-state index in [1.807, 2.05) is 33.2 Å². The highest BCUT2D eigenvalue weighted by Crippen LogP contribution is 2.36. The van der Waals surface area contributed by atoms with Gasteiger partial charge < -0.3 is 19.6 Å². The third-order valence-electron chi connectivity index (χ3n) is 5.99. The lowest BCUT2D eigenvalue weighted by Crippen LogP contribution is -2.50. The summed E-state index contributed by atoms with van der Waals surface area (Å²) < 4.78 is 34.8. The number of rotatable bonds is 7. The van der Waals surface area contributed by atoms with E-state index in [9.17, 15) is 18.3 Å². The molecule has 0 spiro atoms. The average molecular weight is 491 g/mol. The number of aromatic nitrogens is 1. The molecule has 2 aromatic rings. The van der Waals surface area contributed by atoms with Gasteiger partial charge in [0.25, 0.3) is 0 Å². The molecule has 34 heavy (non-hydrogen) atoms. The van der Waals surface area contributed by atoms with Crippen molar-refractivity contribution in [1.82, 2.24) is 19.1 Å². The summed E-state index contributed by atoms with van der Waals surface area (Å²) in [5, 5.41) is 9.77. The normalized spacial score (nSPS) is 21.1. The number of aliphatic hydroxyl groups is 1. The maximum Gasteiger partial charge on any atom is 0.247 e. The average Bonchev–Trinajstić information content (AvgIpc) is 2.80. The zero-order chi connectivity index (χ0) is 25.0. The lowest BCUT2D eigenvalue weighted by molar-refractivity contribution is -0.132. The molecule has 1 N–H and O–H groups in total. The molecule has 0 bridgehead atoms. The fourth-order valence-electron chi connectivity index (χ4n) is 3.92. The second kappa shape index (κ2) is 10.8. The number of fused-ring (bicyclic) bond motifs is 1. The summed E-state index contributed by atoms with van der Waals surface area (Å²) in [6.45, 7) is 4.00. The van der Waals surface area contributed by atoms with Crippen molar-refractivity contribution in [1.29, 1.82) is 0 Å². The second-order valence-electron chi connectivity index (χ2n) is 9.16. The first kappa shape index (κ1) is 26.1. The number of amides is 1. The topological polar surface area (TPSA) is 103 Å². The first-order valence-corrected chi connectivity index (χ1v) is 12.7. The van der Waals surface area contributed by atoms with Gasteiger partial charge in [0.05, 0.1) is 19.7 Å². The molecule has 1 aliphatic heterocycles. The predicted octanol–water partition coefficient (Wildman–Crippen LogP) is 1.54. The van der Waals surface area contributed by atoms with Gasteiger partial charge in [-0.1, -0.05) is 19.1 Å². The maximum atomic E-state index is 13.6. The molecule has 9 nitrogen and oxygen atoms in total. The van der Waals surface area contributed by atoms with Crippen LogP contribution in [0.1, 0.15) is 13.8 Å².